The molecular formula is C24H27NO7S. The van der Waals surface area contributed by atoms with Crippen LogP contribution in [-0.2, 0) is 32.4 Å². The fourth-order valence-corrected chi connectivity index (χ4v) is 5.07. The summed E-state index contributed by atoms with van der Waals surface area (Å²) in [6.45, 7) is 2.39. The van der Waals surface area contributed by atoms with E-state index in [1.165, 1.54) is 23.3 Å². The number of fused-ring (bicyclic) bond motifs is 2. The standard InChI is InChI=1S/C24H27NO7S/c1-16(24(27)19-8-7-17-4-2-5-18(17)14-19)32-23(26)6-3-11-25-33(28,29)20-9-10-21-22(15-20)31-13-12-30-21/h7-10,14-16,25H,2-6,11-13H2,1H3. The molecular weight excluding hydrogens is 446 g/mol. The Bertz CT molecular complexity index is 1160. The van der Waals surface area contributed by atoms with Crippen LogP contribution >= 0.6 is 0 Å². The SMILES string of the molecule is CC(OC(=O)CCCNS(=O)(=O)c1ccc2c(c1)OCCO2)C(=O)c1ccc2c(c1)CCC2. The number of aryl methyl sites for hydroxylation is 2. The summed E-state index contributed by atoms with van der Waals surface area (Å²) >= 11 is 0. The molecule has 2 aliphatic rings. The van der Waals surface area contributed by atoms with E-state index in [0.29, 0.717) is 30.3 Å². The number of carbonyl (C=O) groups is 2. The van der Waals surface area contributed by atoms with Gasteiger partial charge in [0, 0.05) is 24.6 Å². The average molecular weight is 474 g/mol. The molecule has 2 aromatic carbocycles. The second-order valence-corrected chi connectivity index (χ2v) is 9.91. The van der Waals surface area contributed by atoms with Gasteiger partial charge in [0.15, 0.2) is 17.6 Å². The Hall–Kier alpha value is -2.91. The third-order valence-electron chi connectivity index (χ3n) is 5.73. The lowest BCUT2D eigenvalue weighted by molar-refractivity contribution is -0.146. The van der Waals surface area contributed by atoms with Crippen LogP contribution in [0.25, 0.3) is 0 Å². The molecule has 0 amide bonds. The number of esters is 1. The van der Waals surface area contributed by atoms with Crippen LogP contribution in [0.5, 0.6) is 11.5 Å². The van der Waals surface area contributed by atoms with Gasteiger partial charge in [-0.25, -0.2) is 13.1 Å². The van der Waals surface area contributed by atoms with Crippen molar-refractivity contribution in [1.29, 1.82) is 0 Å². The fraction of sp³-hybridized carbons (Fsp3) is 0.417. The van der Waals surface area contributed by atoms with E-state index < -0.39 is 22.1 Å². The molecule has 1 unspecified atom stereocenters. The molecule has 0 aromatic heterocycles. The first kappa shape index (κ1) is 23.3. The minimum Gasteiger partial charge on any atom is -0.486 e. The van der Waals surface area contributed by atoms with Crippen LogP contribution in [0.15, 0.2) is 41.3 Å². The number of hydrogen-bond donors (Lipinski definition) is 1. The van der Waals surface area contributed by atoms with E-state index in [0.717, 1.165) is 19.3 Å². The van der Waals surface area contributed by atoms with Crippen LogP contribution < -0.4 is 14.2 Å². The fourth-order valence-electron chi connectivity index (χ4n) is 3.98. The Labute approximate surface area is 193 Å². The quantitative estimate of drug-likeness (QED) is 0.339. The molecule has 2 aromatic rings. The van der Waals surface area contributed by atoms with Crippen molar-refractivity contribution in [2.24, 2.45) is 0 Å². The van der Waals surface area contributed by atoms with Crippen LogP contribution in [0, 0.1) is 0 Å². The number of nitrogens with one attached hydrogen (secondary N) is 1. The van der Waals surface area contributed by atoms with E-state index in [1.54, 1.807) is 19.1 Å². The number of rotatable bonds is 9. The Morgan fingerprint density at radius 1 is 1.03 bits per heavy atom. The summed E-state index contributed by atoms with van der Waals surface area (Å²) < 4.78 is 43.5. The Kier molecular flexibility index (Phi) is 6.99. The molecule has 1 heterocycles. The third kappa shape index (κ3) is 5.54. The normalized spacial score (nSPS) is 15.5. The molecule has 0 spiro atoms. The van der Waals surface area contributed by atoms with E-state index in [-0.39, 0.29) is 30.1 Å². The van der Waals surface area contributed by atoms with Crippen molar-refractivity contribution >= 4 is 21.8 Å². The molecule has 0 saturated carbocycles. The number of benzene rings is 2. The second kappa shape index (κ2) is 9.93. The summed E-state index contributed by atoms with van der Waals surface area (Å²) in [6.07, 6.45) is 2.43. The molecule has 0 bridgehead atoms. The van der Waals surface area contributed by atoms with Crippen LogP contribution in [0.4, 0.5) is 0 Å². The molecule has 1 aliphatic carbocycles. The van der Waals surface area contributed by atoms with Crippen LogP contribution in [0.2, 0.25) is 0 Å². The Morgan fingerprint density at radius 2 is 1.79 bits per heavy atom. The lowest BCUT2D eigenvalue weighted by Gasteiger charge is -2.19. The monoisotopic (exact) mass is 473 g/mol. The zero-order chi connectivity index (χ0) is 23.4. The van der Waals surface area contributed by atoms with Crippen molar-refractivity contribution in [3.05, 3.63) is 53.1 Å². The topological polar surface area (TPSA) is 108 Å². The summed E-state index contributed by atoms with van der Waals surface area (Å²) in [6, 6.07) is 10.1. The van der Waals surface area contributed by atoms with Crippen molar-refractivity contribution in [3.63, 3.8) is 0 Å². The molecule has 0 radical (unpaired) electrons. The molecule has 176 valence electrons. The van der Waals surface area contributed by atoms with Crippen LogP contribution in [0.1, 0.15) is 47.7 Å². The highest BCUT2D eigenvalue weighted by molar-refractivity contribution is 7.89. The maximum atomic E-state index is 12.6. The van der Waals surface area contributed by atoms with Crippen molar-refractivity contribution in [1.82, 2.24) is 4.72 Å². The van der Waals surface area contributed by atoms with E-state index >= 15 is 0 Å². The number of carbonyl (C=O) groups excluding carboxylic acids is 2. The van der Waals surface area contributed by atoms with Gasteiger partial charge >= 0.3 is 5.97 Å². The van der Waals surface area contributed by atoms with Crippen molar-refractivity contribution < 1.29 is 32.2 Å². The van der Waals surface area contributed by atoms with Crippen molar-refractivity contribution in [2.45, 2.75) is 50.0 Å². The Balaban J connectivity index is 1.23. The molecule has 8 nitrogen and oxygen atoms in total. The van der Waals surface area contributed by atoms with Gasteiger partial charge in [-0.15, -0.1) is 0 Å². The highest BCUT2D eigenvalue weighted by Crippen LogP contribution is 2.32. The molecule has 1 atom stereocenters. The lowest BCUT2D eigenvalue weighted by atomic mass is 10.0. The van der Waals surface area contributed by atoms with Gasteiger partial charge in [0.25, 0.3) is 0 Å². The van der Waals surface area contributed by atoms with Crippen molar-refractivity contribution in [2.75, 3.05) is 19.8 Å². The molecule has 1 N–H and O–H groups in total. The number of ether oxygens (including phenoxy) is 3. The minimum absolute atomic E-state index is 0.00847. The van der Waals surface area contributed by atoms with Crippen LogP contribution in [-0.4, -0.2) is 46.0 Å². The van der Waals surface area contributed by atoms with Gasteiger partial charge in [0.05, 0.1) is 4.90 Å². The smallest absolute Gasteiger partial charge is 0.306 e. The maximum Gasteiger partial charge on any atom is 0.306 e. The maximum absolute atomic E-state index is 12.6. The summed E-state index contributed by atoms with van der Waals surface area (Å²) in [5.74, 6) is 0.106. The molecule has 1 aliphatic heterocycles. The molecule has 0 saturated heterocycles. The first-order valence-electron chi connectivity index (χ1n) is 11.1. The van der Waals surface area contributed by atoms with Gasteiger partial charge in [0.1, 0.15) is 13.2 Å². The highest BCUT2D eigenvalue weighted by atomic mass is 32.2. The van der Waals surface area contributed by atoms with Gasteiger partial charge in [-0.3, -0.25) is 9.59 Å². The molecule has 4 rings (SSSR count). The van der Waals surface area contributed by atoms with Gasteiger partial charge in [-0.2, -0.15) is 0 Å². The van der Waals surface area contributed by atoms with Gasteiger partial charge in [-0.05, 0) is 61.9 Å². The predicted molar refractivity (Wildman–Crippen MR) is 120 cm³/mol. The molecule has 33 heavy (non-hydrogen) atoms. The van der Waals surface area contributed by atoms with Gasteiger partial charge < -0.3 is 14.2 Å². The second-order valence-electron chi connectivity index (χ2n) is 8.14. The first-order valence-corrected chi connectivity index (χ1v) is 12.6. The number of ketones is 1. The molecule has 0 fully saturated rings. The van der Waals surface area contributed by atoms with E-state index in [2.05, 4.69) is 4.72 Å². The van der Waals surface area contributed by atoms with Gasteiger partial charge in [0.2, 0.25) is 15.8 Å². The third-order valence-corrected chi connectivity index (χ3v) is 7.19. The summed E-state index contributed by atoms with van der Waals surface area (Å²) in [5, 5.41) is 0. The van der Waals surface area contributed by atoms with Gasteiger partial charge in [-0.1, -0.05) is 12.1 Å². The number of Topliss-reactive ketones (excluding diaryl/α,β-unsaturated/α-hetero) is 1. The summed E-state index contributed by atoms with van der Waals surface area (Å²) in [7, 11) is -3.76. The lowest BCUT2D eigenvalue weighted by Crippen LogP contribution is -2.27. The average Bonchev–Trinajstić information content (AvgIpc) is 3.29. The predicted octanol–water partition coefficient (Wildman–Crippen LogP) is 2.82. The number of sulfonamides is 1. The number of hydrogen-bond acceptors (Lipinski definition) is 7. The van der Waals surface area contributed by atoms with Crippen LogP contribution in [0.3, 0.4) is 0 Å². The largest absolute Gasteiger partial charge is 0.486 e. The zero-order valence-corrected chi connectivity index (χ0v) is 19.3. The van der Waals surface area contributed by atoms with E-state index in [9.17, 15) is 18.0 Å². The van der Waals surface area contributed by atoms with Crippen molar-refractivity contribution in [3.8, 4) is 11.5 Å². The minimum atomic E-state index is -3.76. The zero-order valence-electron chi connectivity index (χ0n) is 18.5. The first-order chi connectivity index (χ1) is 15.8. The summed E-state index contributed by atoms with van der Waals surface area (Å²) in [5.41, 5.74) is 3.00. The van der Waals surface area contributed by atoms with E-state index in [4.69, 9.17) is 14.2 Å². The molecule has 9 heteroatoms. The van der Waals surface area contributed by atoms with E-state index in [1.807, 2.05) is 12.1 Å². The summed E-state index contributed by atoms with van der Waals surface area (Å²) in [4.78, 5) is 24.8. The Morgan fingerprint density at radius 3 is 2.61 bits per heavy atom. The highest BCUT2D eigenvalue weighted by Gasteiger charge is 2.22.